The fourth-order valence-corrected chi connectivity index (χ4v) is 4.71. The number of fused-ring (bicyclic) bond motifs is 1. The van der Waals surface area contributed by atoms with Gasteiger partial charge in [-0.2, -0.15) is 0 Å². The van der Waals surface area contributed by atoms with Crippen LogP contribution in [0.15, 0.2) is 17.6 Å². The van der Waals surface area contributed by atoms with Crippen molar-refractivity contribution >= 4 is 17.2 Å². The Bertz CT molecular complexity index is 996. The van der Waals surface area contributed by atoms with Crippen LogP contribution in [0.3, 0.4) is 0 Å². The molecule has 5 heterocycles. The van der Waals surface area contributed by atoms with Gasteiger partial charge in [0.1, 0.15) is 17.3 Å². The lowest BCUT2D eigenvalue weighted by molar-refractivity contribution is 0.0705. The Labute approximate surface area is 167 Å². The first kappa shape index (κ1) is 17.6. The topological polar surface area (TPSA) is 91.7 Å². The van der Waals surface area contributed by atoms with Crippen LogP contribution in [0.4, 0.5) is 0 Å². The molecule has 0 spiro atoms. The monoisotopic (exact) mass is 397 g/mol. The standard InChI is InChI=1S/C19H23N7OS/c1-12-22-16(11-28-12)14-8-15(21-9-14)19(27)25-5-2-13(3-6-25)18-24-23-17-10-20-4-7-26(17)18/h8-9,11,13,20-21H,2-7,10H2,1H3. The van der Waals surface area contributed by atoms with Crippen LogP contribution in [-0.4, -0.2) is 55.2 Å². The molecule has 0 aliphatic carbocycles. The first-order chi connectivity index (χ1) is 13.7. The first-order valence-electron chi connectivity index (χ1n) is 9.72. The predicted molar refractivity (Wildman–Crippen MR) is 106 cm³/mol. The molecular weight excluding hydrogens is 374 g/mol. The van der Waals surface area contributed by atoms with E-state index in [1.54, 1.807) is 11.3 Å². The molecule has 146 valence electrons. The lowest BCUT2D eigenvalue weighted by Crippen LogP contribution is -2.39. The molecule has 0 atom stereocenters. The summed E-state index contributed by atoms with van der Waals surface area (Å²) in [7, 11) is 0. The number of aromatic nitrogens is 5. The summed E-state index contributed by atoms with van der Waals surface area (Å²) in [5.74, 6) is 2.55. The van der Waals surface area contributed by atoms with E-state index in [2.05, 4.69) is 30.0 Å². The summed E-state index contributed by atoms with van der Waals surface area (Å²) < 4.78 is 2.26. The normalized spacial score (nSPS) is 17.7. The van der Waals surface area contributed by atoms with Crippen molar-refractivity contribution in [1.82, 2.24) is 34.9 Å². The molecule has 0 saturated carbocycles. The first-order valence-corrected chi connectivity index (χ1v) is 10.6. The molecule has 0 aromatic carbocycles. The van der Waals surface area contributed by atoms with Gasteiger partial charge in [0.2, 0.25) is 0 Å². The number of nitrogens with zero attached hydrogens (tertiary/aromatic N) is 5. The molecule has 9 heteroatoms. The fraction of sp³-hybridized carbons (Fsp3) is 0.474. The van der Waals surface area contributed by atoms with E-state index in [1.165, 1.54) is 0 Å². The second-order valence-corrected chi connectivity index (χ2v) is 8.49. The molecule has 2 aliphatic rings. The van der Waals surface area contributed by atoms with Gasteiger partial charge in [-0.05, 0) is 25.8 Å². The molecule has 8 nitrogen and oxygen atoms in total. The highest BCUT2D eigenvalue weighted by atomic mass is 32.1. The fourth-order valence-electron chi connectivity index (χ4n) is 4.09. The minimum atomic E-state index is 0.0594. The molecular formula is C19H23N7OS. The third kappa shape index (κ3) is 3.14. The Morgan fingerprint density at radius 3 is 2.89 bits per heavy atom. The Morgan fingerprint density at radius 2 is 2.11 bits per heavy atom. The molecule has 1 fully saturated rings. The maximum Gasteiger partial charge on any atom is 0.270 e. The number of thiazole rings is 1. The van der Waals surface area contributed by atoms with Gasteiger partial charge >= 0.3 is 0 Å². The maximum absolute atomic E-state index is 12.9. The minimum Gasteiger partial charge on any atom is -0.357 e. The number of piperidine rings is 1. The van der Waals surface area contributed by atoms with E-state index in [0.717, 1.165) is 73.5 Å². The van der Waals surface area contributed by atoms with Crippen molar-refractivity contribution in [2.24, 2.45) is 0 Å². The van der Waals surface area contributed by atoms with Crippen molar-refractivity contribution in [3.8, 4) is 11.3 Å². The number of likely N-dealkylation sites (tertiary alicyclic amines) is 1. The number of hydrogen-bond acceptors (Lipinski definition) is 6. The smallest absolute Gasteiger partial charge is 0.270 e. The van der Waals surface area contributed by atoms with Gasteiger partial charge in [-0.1, -0.05) is 0 Å². The van der Waals surface area contributed by atoms with Crippen LogP contribution in [0, 0.1) is 6.92 Å². The number of carbonyl (C=O) groups excluding carboxylic acids is 1. The van der Waals surface area contributed by atoms with Crippen LogP contribution in [-0.2, 0) is 13.1 Å². The number of rotatable bonds is 3. The van der Waals surface area contributed by atoms with E-state index in [-0.39, 0.29) is 5.91 Å². The molecule has 1 saturated heterocycles. The molecule has 3 aromatic heterocycles. The van der Waals surface area contributed by atoms with Crippen LogP contribution in [0.2, 0.25) is 0 Å². The Hall–Kier alpha value is -2.52. The lowest BCUT2D eigenvalue weighted by atomic mass is 9.95. The van der Waals surface area contributed by atoms with Gasteiger partial charge in [-0.25, -0.2) is 4.98 Å². The third-order valence-electron chi connectivity index (χ3n) is 5.63. The Morgan fingerprint density at radius 1 is 1.25 bits per heavy atom. The molecule has 2 N–H and O–H groups in total. The van der Waals surface area contributed by atoms with Crippen LogP contribution in [0.5, 0.6) is 0 Å². The number of hydrogen-bond donors (Lipinski definition) is 2. The summed E-state index contributed by atoms with van der Waals surface area (Å²) in [6.45, 7) is 6.15. The van der Waals surface area contributed by atoms with Gasteiger partial charge in [-0.15, -0.1) is 21.5 Å². The molecule has 0 radical (unpaired) electrons. The highest BCUT2D eigenvalue weighted by Gasteiger charge is 2.29. The summed E-state index contributed by atoms with van der Waals surface area (Å²) in [6, 6.07) is 1.91. The summed E-state index contributed by atoms with van der Waals surface area (Å²) >= 11 is 1.62. The summed E-state index contributed by atoms with van der Waals surface area (Å²) in [5, 5.41) is 15.1. The van der Waals surface area contributed by atoms with Crippen molar-refractivity contribution in [3.63, 3.8) is 0 Å². The van der Waals surface area contributed by atoms with E-state index in [1.807, 2.05) is 29.5 Å². The van der Waals surface area contributed by atoms with Crippen molar-refractivity contribution in [2.75, 3.05) is 19.6 Å². The molecule has 1 amide bonds. The van der Waals surface area contributed by atoms with Crippen molar-refractivity contribution in [2.45, 2.75) is 38.8 Å². The summed E-state index contributed by atoms with van der Waals surface area (Å²) in [6.07, 6.45) is 3.72. The SMILES string of the molecule is Cc1nc(-c2c[nH]c(C(=O)N3CCC(c4nnc5n4CCNC5)CC3)c2)cs1. The van der Waals surface area contributed by atoms with Crippen molar-refractivity contribution in [1.29, 1.82) is 0 Å². The van der Waals surface area contributed by atoms with Crippen molar-refractivity contribution in [3.05, 3.63) is 40.0 Å². The highest BCUT2D eigenvalue weighted by molar-refractivity contribution is 7.09. The number of aromatic amines is 1. The number of carbonyl (C=O) groups is 1. The van der Waals surface area contributed by atoms with E-state index >= 15 is 0 Å². The quantitative estimate of drug-likeness (QED) is 0.707. The zero-order chi connectivity index (χ0) is 19.1. The number of amides is 1. The predicted octanol–water partition coefficient (Wildman–Crippen LogP) is 2.16. The molecule has 5 rings (SSSR count). The number of nitrogens with one attached hydrogen (secondary N) is 2. The van der Waals surface area contributed by atoms with Gasteiger partial charge in [0.05, 0.1) is 17.2 Å². The summed E-state index contributed by atoms with van der Waals surface area (Å²) in [4.78, 5) is 22.5. The van der Waals surface area contributed by atoms with Crippen LogP contribution < -0.4 is 5.32 Å². The third-order valence-corrected chi connectivity index (χ3v) is 6.40. The van der Waals surface area contributed by atoms with E-state index in [9.17, 15) is 4.79 Å². The molecule has 3 aromatic rings. The van der Waals surface area contributed by atoms with E-state index in [4.69, 9.17) is 0 Å². The van der Waals surface area contributed by atoms with Crippen molar-refractivity contribution < 1.29 is 4.79 Å². The number of aryl methyl sites for hydroxylation is 1. The van der Waals surface area contributed by atoms with Gasteiger partial charge < -0.3 is 19.8 Å². The van der Waals surface area contributed by atoms with Gasteiger partial charge in [0.15, 0.2) is 0 Å². The van der Waals surface area contributed by atoms with Gasteiger partial charge in [-0.3, -0.25) is 4.79 Å². The molecule has 0 unspecified atom stereocenters. The van der Waals surface area contributed by atoms with Crippen LogP contribution in [0.25, 0.3) is 11.3 Å². The maximum atomic E-state index is 12.9. The average Bonchev–Trinajstić information content (AvgIpc) is 3.46. The van der Waals surface area contributed by atoms with Crippen LogP contribution >= 0.6 is 11.3 Å². The van der Waals surface area contributed by atoms with Crippen LogP contribution in [0.1, 0.15) is 45.9 Å². The lowest BCUT2D eigenvalue weighted by Gasteiger charge is -2.31. The summed E-state index contributed by atoms with van der Waals surface area (Å²) in [5.41, 5.74) is 2.51. The zero-order valence-corrected chi connectivity index (χ0v) is 16.6. The highest BCUT2D eigenvalue weighted by Crippen LogP contribution is 2.29. The number of H-pyrrole nitrogens is 1. The average molecular weight is 398 g/mol. The molecule has 0 bridgehead atoms. The largest absolute Gasteiger partial charge is 0.357 e. The second-order valence-electron chi connectivity index (χ2n) is 7.42. The minimum absolute atomic E-state index is 0.0594. The Kier molecular flexibility index (Phi) is 4.48. The Balaban J connectivity index is 1.25. The van der Waals surface area contributed by atoms with Gasteiger partial charge in [0.25, 0.3) is 5.91 Å². The van der Waals surface area contributed by atoms with Gasteiger partial charge in [0, 0.05) is 49.2 Å². The second kappa shape index (κ2) is 7.14. The van der Waals surface area contributed by atoms with E-state index in [0.29, 0.717) is 11.6 Å². The zero-order valence-electron chi connectivity index (χ0n) is 15.8. The van der Waals surface area contributed by atoms with E-state index < -0.39 is 0 Å². The molecule has 2 aliphatic heterocycles. The molecule has 28 heavy (non-hydrogen) atoms.